The second-order valence-corrected chi connectivity index (χ2v) is 6.30. The Hall–Kier alpha value is -4.11. The van der Waals surface area contributed by atoms with Crippen LogP contribution in [0.2, 0.25) is 0 Å². The van der Waals surface area contributed by atoms with Gasteiger partial charge in [0.25, 0.3) is 0 Å². The van der Waals surface area contributed by atoms with Gasteiger partial charge in [0.15, 0.2) is 0 Å². The molecule has 0 aliphatic carbocycles. The van der Waals surface area contributed by atoms with Crippen molar-refractivity contribution in [3.63, 3.8) is 0 Å². The van der Waals surface area contributed by atoms with Crippen molar-refractivity contribution in [3.05, 3.63) is 84.2 Å². The number of pyridine rings is 1. The van der Waals surface area contributed by atoms with Gasteiger partial charge in [0, 0.05) is 17.1 Å². The summed E-state index contributed by atoms with van der Waals surface area (Å²) in [5.74, 6) is 0.344. The summed E-state index contributed by atoms with van der Waals surface area (Å²) in [6.45, 7) is 0. The van der Waals surface area contributed by atoms with E-state index in [0.717, 1.165) is 22.2 Å². The number of nitrogens with one attached hydrogen (secondary N) is 3. The molecule has 28 heavy (non-hydrogen) atoms. The molecule has 0 spiro atoms. The van der Waals surface area contributed by atoms with Crippen LogP contribution >= 0.6 is 0 Å². The van der Waals surface area contributed by atoms with Gasteiger partial charge in [0.05, 0.1) is 29.6 Å². The Morgan fingerprint density at radius 2 is 1.89 bits per heavy atom. The lowest BCUT2D eigenvalue weighted by atomic mass is 10.1. The number of para-hydroxylation sites is 2. The zero-order valence-corrected chi connectivity index (χ0v) is 14.9. The molecule has 0 bridgehead atoms. The SMILES string of the molecule is N#Cc1ccccc1Nc1ccc(NC(=O)Cc2c[nH]c3ccccc23)nc1. The number of benzene rings is 2. The van der Waals surface area contributed by atoms with Gasteiger partial charge >= 0.3 is 0 Å². The Labute approximate surface area is 161 Å². The Balaban J connectivity index is 1.41. The Morgan fingerprint density at radius 1 is 1.07 bits per heavy atom. The topological polar surface area (TPSA) is 93.6 Å². The molecule has 136 valence electrons. The van der Waals surface area contributed by atoms with Crippen LogP contribution in [-0.2, 0) is 11.2 Å². The highest BCUT2D eigenvalue weighted by Gasteiger charge is 2.09. The summed E-state index contributed by atoms with van der Waals surface area (Å²) in [6, 6.07) is 20.8. The van der Waals surface area contributed by atoms with E-state index in [2.05, 4.69) is 26.7 Å². The number of anilines is 3. The molecule has 0 unspecified atom stereocenters. The molecule has 6 heteroatoms. The molecular formula is C22H17N5O. The number of carbonyl (C=O) groups excluding carboxylic acids is 1. The maximum absolute atomic E-state index is 12.4. The van der Waals surface area contributed by atoms with Crippen LogP contribution in [0, 0.1) is 11.3 Å². The quantitative estimate of drug-likeness (QED) is 0.488. The van der Waals surface area contributed by atoms with E-state index in [-0.39, 0.29) is 12.3 Å². The second-order valence-electron chi connectivity index (χ2n) is 6.30. The number of carbonyl (C=O) groups is 1. The molecule has 2 aromatic carbocycles. The molecule has 0 saturated heterocycles. The normalized spacial score (nSPS) is 10.4. The highest BCUT2D eigenvalue weighted by atomic mass is 16.1. The van der Waals surface area contributed by atoms with E-state index < -0.39 is 0 Å². The zero-order chi connectivity index (χ0) is 19.3. The molecule has 0 fully saturated rings. The van der Waals surface area contributed by atoms with E-state index >= 15 is 0 Å². The Morgan fingerprint density at radius 3 is 2.71 bits per heavy atom. The smallest absolute Gasteiger partial charge is 0.230 e. The number of hydrogen-bond donors (Lipinski definition) is 3. The van der Waals surface area contributed by atoms with Gasteiger partial charge in [-0.3, -0.25) is 4.79 Å². The first-order valence-corrected chi connectivity index (χ1v) is 8.80. The van der Waals surface area contributed by atoms with Gasteiger partial charge in [-0.2, -0.15) is 5.26 Å². The standard InChI is InChI=1S/C22H17N5O/c23-12-15-5-1-3-7-19(15)26-17-9-10-21(25-14-17)27-22(28)11-16-13-24-20-8-4-2-6-18(16)20/h1-10,13-14,24,26H,11H2,(H,25,27,28). The van der Waals surface area contributed by atoms with Gasteiger partial charge in [-0.1, -0.05) is 30.3 Å². The first-order chi connectivity index (χ1) is 13.7. The van der Waals surface area contributed by atoms with E-state index in [1.807, 2.05) is 54.7 Å². The molecule has 4 aromatic rings. The molecular weight excluding hydrogens is 350 g/mol. The number of nitrogens with zero attached hydrogens (tertiary/aromatic N) is 2. The van der Waals surface area contributed by atoms with E-state index in [9.17, 15) is 4.79 Å². The van der Waals surface area contributed by atoms with Crippen molar-refractivity contribution in [2.45, 2.75) is 6.42 Å². The van der Waals surface area contributed by atoms with Crippen LogP contribution in [-0.4, -0.2) is 15.9 Å². The molecule has 3 N–H and O–H groups in total. The zero-order valence-electron chi connectivity index (χ0n) is 14.9. The fourth-order valence-electron chi connectivity index (χ4n) is 3.02. The van der Waals surface area contributed by atoms with Crippen LogP contribution in [0.3, 0.4) is 0 Å². The third kappa shape index (κ3) is 3.69. The summed E-state index contributed by atoms with van der Waals surface area (Å²) in [5, 5.41) is 16.2. The van der Waals surface area contributed by atoms with E-state index in [4.69, 9.17) is 5.26 Å². The van der Waals surface area contributed by atoms with Crippen molar-refractivity contribution in [2.75, 3.05) is 10.6 Å². The third-order valence-corrected chi connectivity index (χ3v) is 4.38. The lowest BCUT2D eigenvalue weighted by Gasteiger charge is -2.09. The third-order valence-electron chi connectivity index (χ3n) is 4.38. The maximum atomic E-state index is 12.4. The average molecular weight is 367 g/mol. The van der Waals surface area contributed by atoms with Crippen molar-refractivity contribution in [1.82, 2.24) is 9.97 Å². The van der Waals surface area contributed by atoms with Crippen LogP contribution in [0.5, 0.6) is 0 Å². The van der Waals surface area contributed by atoms with Crippen molar-refractivity contribution in [3.8, 4) is 6.07 Å². The number of rotatable bonds is 5. The molecule has 6 nitrogen and oxygen atoms in total. The minimum absolute atomic E-state index is 0.132. The van der Waals surface area contributed by atoms with E-state index in [0.29, 0.717) is 17.1 Å². The van der Waals surface area contributed by atoms with Crippen molar-refractivity contribution in [1.29, 1.82) is 5.26 Å². The van der Waals surface area contributed by atoms with Gasteiger partial charge in [0.1, 0.15) is 11.9 Å². The van der Waals surface area contributed by atoms with Gasteiger partial charge in [-0.25, -0.2) is 4.98 Å². The number of aromatic amines is 1. The molecule has 2 aromatic heterocycles. The average Bonchev–Trinajstić information content (AvgIpc) is 3.13. The van der Waals surface area contributed by atoms with E-state index in [1.54, 1.807) is 18.3 Å². The summed E-state index contributed by atoms with van der Waals surface area (Å²) < 4.78 is 0. The monoisotopic (exact) mass is 367 g/mol. The maximum Gasteiger partial charge on any atom is 0.230 e. The molecule has 0 aliphatic heterocycles. The summed E-state index contributed by atoms with van der Waals surface area (Å²) in [4.78, 5) is 19.8. The highest BCUT2D eigenvalue weighted by molar-refractivity contribution is 5.95. The highest BCUT2D eigenvalue weighted by Crippen LogP contribution is 2.21. The number of nitriles is 1. The lowest BCUT2D eigenvalue weighted by molar-refractivity contribution is -0.115. The molecule has 0 radical (unpaired) electrons. The number of amides is 1. The summed E-state index contributed by atoms with van der Waals surface area (Å²) in [7, 11) is 0. The first-order valence-electron chi connectivity index (χ1n) is 8.80. The molecule has 0 aliphatic rings. The molecule has 4 rings (SSSR count). The Bertz CT molecular complexity index is 1170. The van der Waals surface area contributed by atoms with Gasteiger partial charge in [-0.05, 0) is 35.9 Å². The van der Waals surface area contributed by atoms with E-state index in [1.165, 1.54) is 0 Å². The summed E-state index contributed by atoms with van der Waals surface area (Å²) >= 11 is 0. The van der Waals surface area contributed by atoms with Crippen molar-refractivity contribution in [2.24, 2.45) is 0 Å². The van der Waals surface area contributed by atoms with Crippen LogP contribution < -0.4 is 10.6 Å². The van der Waals surface area contributed by atoms with Gasteiger partial charge < -0.3 is 15.6 Å². The lowest BCUT2D eigenvalue weighted by Crippen LogP contribution is -2.15. The molecule has 1 amide bonds. The molecule has 0 atom stereocenters. The Kier molecular flexibility index (Phi) is 4.72. The number of H-pyrrole nitrogens is 1. The molecule has 2 heterocycles. The van der Waals surface area contributed by atoms with Crippen LogP contribution in [0.1, 0.15) is 11.1 Å². The first kappa shape index (κ1) is 17.3. The summed E-state index contributed by atoms with van der Waals surface area (Å²) in [6.07, 6.45) is 3.74. The predicted octanol–water partition coefficient (Wildman–Crippen LogP) is 4.36. The van der Waals surface area contributed by atoms with Gasteiger partial charge in [-0.15, -0.1) is 0 Å². The fourth-order valence-corrected chi connectivity index (χ4v) is 3.02. The summed E-state index contributed by atoms with van der Waals surface area (Å²) in [5.41, 5.74) is 3.95. The second kappa shape index (κ2) is 7.64. The largest absolute Gasteiger partial charge is 0.361 e. The number of fused-ring (bicyclic) bond motifs is 1. The van der Waals surface area contributed by atoms with Crippen LogP contribution in [0.25, 0.3) is 10.9 Å². The predicted molar refractivity (Wildman–Crippen MR) is 109 cm³/mol. The van der Waals surface area contributed by atoms with Crippen LogP contribution in [0.15, 0.2) is 73.1 Å². The molecule has 0 saturated carbocycles. The number of hydrogen-bond acceptors (Lipinski definition) is 4. The van der Waals surface area contributed by atoms with Crippen LogP contribution in [0.4, 0.5) is 17.2 Å². The minimum atomic E-state index is -0.132. The minimum Gasteiger partial charge on any atom is -0.361 e. The number of aromatic nitrogens is 2. The van der Waals surface area contributed by atoms with Gasteiger partial charge in [0.2, 0.25) is 5.91 Å². The van der Waals surface area contributed by atoms with Crippen molar-refractivity contribution < 1.29 is 4.79 Å². The van der Waals surface area contributed by atoms with Crippen molar-refractivity contribution >= 4 is 34.0 Å². The fraction of sp³-hybridized carbons (Fsp3) is 0.0455.